The number of methoxy groups -OCH3 is 2. The SMILES string of the molecule is COc1cc2ncnc(N3CCc4c(cccc4NS(=O)[O-])C3)c2cc1OC. The van der Waals surface area contributed by atoms with Crippen molar-refractivity contribution in [2.45, 2.75) is 13.0 Å². The predicted octanol–water partition coefficient (Wildman–Crippen LogP) is 2.42. The van der Waals surface area contributed by atoms with Gasteiger partial charge in [-0.1, -0.05) is 12.1 Å². The summed E-state index contributed by atoms with van der Waals surface area (Å²) in [5.74, 6) is 2.04. The summed E-state index contributed by atoms with van der Waals surface area (Å²) in [4.78, 5) is 11.0. The van der Waals surface area contributed by atoms with Crippen LogP contribution in [0, 0.1) is 0 Å². The number of anilines is 2. The van der Waals surface area contributed by atoms with Gasteiger partial charge in [0.15, 0.2) is 11.5 Å². The fourth-order valence-electron chi connectivity index (χ4n) is 3.60. The number of hydrogen-bond acceptors (Lipinski definition) is 7. The highest BCUT2D eigenvalue weighted by Crippen LogP contribution is 2.36. The molecule has 0 radical (unpaired) electrons. The van der Waals surface area contributed by atoms with Crippen LogP contribution in [-0.2, 0) is 24.2 Å². The molecule has 0 spiro atoms. The molecule has 0 bridgehead atoms. The second-order valence-electron chi connectivity index (χ2n) is 6.37. The summed E-state index contributed by atoms with van der Waals surface area (Å²) >= 11 is -2.34. The van der Waals surface area contributed by atoms with Crippen molar-refractivity contribution in [2.24, 2.45) is 0 Å². The van der Waals surface area contributed by atoms with E-state index < -0.39 is 11.3 Å². The van der Waals surface area contributed by atoms with Crippen LogP contribution in [0.15, 0.2) is 36.7 Å². The minimum Gasteiger partial charge on any atom is -0.755 e. The largest absolute Gasteiger partial charge is 0.755 e. The van der Waals surface area contributed by atoms with Gasteiger partial charge in [-0.25, -0.2) is 9.97 Å². The lowest BCUT2D eigenvalue weighted by atomic mass is 9.98. The Kier molecular flexibility index (Phi) is 5.01. The molecular formula is C19H19N4O4S-. The van der Waals surface area contributed by atoms with Crippen molar-refractivity contribution in [1.29, 1.82) is 0 Å². The van der Waals surface area contributed by atoms with Gasteiger partial charge in [-0.05, 0) is 29.7 Å². The van der Waals surface area contributed by atoms with Crippen molar-refractivity contribution in [3.63, 3.8) is 0 Å². The van der Waals surface area contributed by atoms with Gasteiger partial charge in [0.25, 0.3) is 0 Å². The van der Waals surface area contributed by atoms with Crippen molar-refractivity contribution < 1.29 is 18.2 Å². The first-order valence-electron chi connectivity index (χ1n) is 8.69. The van der Waals surface area contributed by atoms with E-state index in [0.717, 1.165) is 27.8 Å². The van der Waals surface area contributed by atoms with Crippen LogP contribution in [0.3, 0.4) is 0 Å². The zero-order chi connectivity index (χ0) is 19.7. The lowest BCUT2D eigenvalue weighted by molar-refractivity contribution is 0.356. The Morgan fingerprint density at radius 2 is 1.96 bits per heavy atom. The van der Waals surface area contributed by atoms with Crippen LogP contribution in [0.2, 0.25) is 0 Å². The molecule has 1 N–H and O–H groups in total. The van der Waals surface area contributed by atoms with E-state index in [-0.39, 0.29) is 0 Å². The molecule has 146 valence electrons. The van der Waals surface area contributed by atoms with Gasteiger partial charge in [-0.2, -0.15) is 0 Å². The van der Waals surface area contributed by atoms with Gasteiger partial charge < -0.3 is 23.6 Å². The van der Waals surface area contributed by atoms with Crippen molar-refractivity contribution in [1.82, 2.24) is 9.97 Å². The number of nitrogens with zero attached hydrogens (tertiary/aromatic N) is 3. The average molecular weight is 399 g/mol. The van der Waals surface area contributed by atoms with Gasteiger partial charge in [0, 0.05) is 41.5 Å². The van der Waals surface area contributed by atoms with E-state index in [2.05, 4.69) is 19.6 Å². The van der Waals surface area contributed by atoms with E-state index in [4.69, 9.17) is 9.47 Å². The number of fused-ring (bicyclic) bond motifs is 2. The maximum absolute atomic E-state index is 11.0. The molecular weight excluding hydrogens is 380 g/mol. The first-order chi connectivity index (χ1) is 13.6. The number of hydrogen-bond donors (Lipinski definition) is 1. The van der Waals surface area contributed by atoms with E-state index in [1.54, 1.807) is 20.3 Å². The highest BCUT2D eigenvalue weighted by molar-refractivity contribution is 7.80. The van der Waals surface area contributed by atoms with Gasteiger partial charge in [0.2, 0.25) is 0 Å². The highest BCUT2D eigenvalue weighted by Gasteiger charge is 2.22. The van der Waals surface area contributed by atoms with Crippen molar-refractivity contribution >= 4 is 33.7 Å². The lowest BCUT2D eigenvalue weighted by Gasteiger charge is -2.32. The Balaban J connectivity index is 1.73. The molecule has 1 aliphatic heterocycles. The minimum absolute atomic E-state index is 0.616. The van der Waals surface area contributed by atoms with Crippen LogP contribution in [0.5, 0.6) is 11.5 Å². The quantitative estimate of drug-likeness (QED) is 0.658. The van der Waals surface area contributed by atoms with E-state index in [9.17, 15) is 8.76 Å². The van der Waals surface area contributed by atoms with Crippen molar-refractivity contribution in [2.75, 3.05) is 30.4 Å². The molecule has 28 heavy (non-hydrogen) atoms. The molecule has 1 atom stereocenters. The molecule has 2 heterocycles. The number of aromatic nitrogens is 2. The van der Waals surface area contributed by atoms with Crippen LogP contribution >= 0.6 is 0 Å². The normalized spacial score (nSPS) is 14.5. The molecule has 0 aliphatic carbocycles. The summed E-state index contributed by atoms with van der Waals surface area (Å²) in [6, 6.07) is 9.36. The van der Waals surface area contributed by atoms with E-state index in [0.29, 0.717) is 36.7 Å². The maximum atomic E-state index is 11.0. The Morgan fingerprint density at radius 3 is 2.71 bits per heavy atom. The number of rotatable bonds is 5. The highest BCUT2D eigenvalue weighted by atomic mass is 32.2. The third-order valence-electron chi connectivity index (χ3n) is 4.88. The zero-order valence-electron chi connectivity index (χ0n) is 15.5. The first-order valence-corrected chi connectivity index (χ1v) is 9.76. The number of nitrogens with one attached hydrogen (secondary N) is 1. The summed E-state index contributed by atoms with van der Waals surface area (Å²) in [6.45, 7) is 1.33. The van der Waals surface area contributed by atoms with E-state index in [1.807, 2.05) is 24.3 Å². The maximum Gasteiger partial charge on any atom is 0.162 e. The summed E-state index contributed by atoms with van der Waals surface area (Å²) in [5, 5.41) is 0.874. The summed E-state index contributed by atoms with van der Waals surface area (Å²) < 4.78 is 35.4. The third kappa shape index (κ3) is 3.34. The molecule has 9 heteroatoms. The van der Waals surface area contributed by atoms with Crippen LogP contribution in [0.1, 0.15) is 11.1 Å². The summed E-state index contributed by atoms with van der Waals surface area (Å²) in [6.07, 6.45) is 2.24. The van der Waals surface area contributed by atoms with E-state index >= 15 is 0 Å². The second kappa shape index (κ2) is 7.61. The Bertz CT molecular complexity index is 1060. The molecule has 8 nitrogen and oxygen atoms in total. The smallest absolute Gasteiger partial charge is 0.162 e. The lowest BCUT2D eigenvalue weighted by Crippen LogP contribution is -2.31. The molecule has 0 saturated heterocycles. The van der Waals surface area contributed by atoms with Gasteiger partial charge in [0.1, 0.15) is 12.1 Å². The van der Waals surface area contributed by atoms with Crippen LogP contribution in [0.25, 0.3) is 10.9 Å². The Labute approximate surface area is 164 Å². The summed E-state index contributed by atoms with van der Waals surface area (Å²) in [7, 11) is 3.19. The van der Waals surface area contributed by atoms with Gasteiger partial charge in [0.05, 0.1) is 19.7 Å². The first kappa shape index (κ1) is 18.5. The molecule has 3 aromatic rings. The topological polar surface area (TPSA) is 99.6 Å². The molecule has 0 amide bonds. The molecule has 1 aliphatic rings. The van der Waals surface area contributed by atoms with Crippen molar-refractivity contribution in [3.8, 4) is 11.5 Å². The summed E-state index contributed by atoms with van der Waals surface area (Å²) in [5.41, 5.74) is 3.48. The standard InChI is InChI=1S/C19H20N4O4S/c1-26-17-8-14-16(9-18(17)27-2)20-11-21-19(14)23-7-6-13-12(10-23)4-3-5-15(13)22-28(24)25/h3-5,8-9,11,22H,6-7,10H2,1-2H3,(H,24,25)/p-1. The predicted molar refractivity (Wildman–Crippen MR) is 106 cm³/mol. The van der Waals surface area contributed by atoms with Crippen LogP contribution < -0.4 is 19.1 Å². The van der Waals surface area contributed by atoms with Gasteiger partial charge >= 0.3 is 0 Å². The van der Waals surface area contributed by atoms with Gasteiger partial charge in [-0.15, -0.1) is 0 Å². The Hall–Kier alpha value is -2.91. The number of ether oxygens (including phenoxy) is 2. The minimum atomic E-state index is -2.34. The average Bonchev–Trinajstić information content (AvgIpc) is 2.71. The molecule has 4 rings (SSSR count). The fourth-order valence-corrected chi connectivity index (χ4v) is 3.97. The van der Waals surface area contributed by atoms with E-state index in [1.165, 1.54) is 6.33 Å². The van der Waals surface area contributed by atoms with Crippen molar-refractivity contribution in [3.05, 3.63) is 47.8 Å². The molecule has 1 unspecified atom stereocenters. The Morgan fingerprint density at radius 1 is 1.18 bits per heavy atom. The van der Waals surface area contributed by atoms with Crippen LogP contribution in [-0.4, -0.2) is 39.5 Å². The molecule has 1 aromatic heterocycles. The van der Waals surface area contributed by atoms with Gasteiger partial charge in [-0.3, -0.25) is 4.21 Å². The number of benzene rings is 2. The monoisotopic (exact) mass is 399 g/mol. The molecule has 2 aromatic carbocycles. The second-order valence-corrected chi connectivity index (χ2v) is 7.05. The zero-order valence-corrected chi connectivity index (χ0v) is 16.3. The fraction of sp³-hybridized carbons (Fsp3) is 0.263. The van der Waals surface area contributed by atoms with Crippen LogP contribution in [0.4, 0.5) is 11.5 Å². The molecule has 0 fully saturated rings. The molecule has 0 saturated carbocycles. The third-order valence-corrected chi connectivity index (χ3v) is 5.26.